The Kier molecular flexibility index (Phi) is 7.22. The van der Waals surface area contributed by atoms with Gasteiger partial charge in [0.05, 0.1) is 18.7 Å². The normalized spacial score (nSPS) is 17.3. The molecule has 0 bridgehead atoms. The number of hydrogen-bond donors (Lipinski definition) is 2. The minimum atomic E-state index is -0.415. The quantitative estimate of drug-likeness (QED) is 0.211. The fourth-order valence-electron chi connectivity index (χ4n) is 5.99. The number of ether oxygens (including phenoxy) is 1. The van der Waals surface area contributed by atoms with Crippen LogP contribution in [0.15, 0.2) is 79.0 Å². The number of H-pyrrole nitrogens is 1. The summed E-state index contributed by atoms with van der Waals surface area (Å²) >= 11 is 6.19. The van der Waals surface area contributed by atoms with Crippen LogP contribution in [-0.2, 0) is 16.0 Å². The van der Waals surface area contributed by atoms with Crippen LogP contribution in [0.4, 0.5) is 5.69 Å². The minimum Gasteiger partial charge on any atom is -0.468 e. The Morgan fingerprint density at radius 2 is 1.90 bits per heavy atom. The number of halogens is 1. The van der Waals surface area contributed by atoms with Crippen LogP contribution in [-0.4, -0.2) is 47.1 Å². The molecule has 6 nitrogen and oxygen atoms in total. The molecule has 40 heavy (non-hydrogen) atoms. The first-order chi connectivity index (χ1) is 19.4. The summed E-state index contributed by atoms with van der Waals surface area (Å²) in [4.78, 5) is 23.7. The molecule has 3 aromatic carbocycles. The number of esters is 1. The molecule has 2 aromatic heterocycles. The lowest BCUT2D eigenvalue weighted by Gasteiger charge is -2.41. The van der Waals surface area contributed by atoms with E-state index in [2.05, 4.69) is 76.5 Å². The molecule has 1 aliphatic heterocycles. The Bertz CT molecular complexity index is 1680. The summed E-state index contributed by atoms with van der Waals surface area (Å²) in [6, 6.07) is 24.3. The number of fused-ring (bicyclic) bond motifs is 4. The molecule has 0 aliphatic carbocycles. The van der Waals surface area contributed by atoms with Crippen molar-refractivity contribution in [3.63, 3.8) is 0 Å². The summed E-state index contributed by atoms with van der Waals surface area (Å²) in [5, 5.41) is 6.42. The highest BCUT2D eigenvalue weighted by atomic mass is 35.5. The average Bonchev–Trinajstić information content (AvgIpc) is 3.34. The van der Waals surface area contributed by atoms with E-state index in [4.69, 9.17) is 16.3 Å². The van der Waals surface area contributed by atoms with Crippen molar-refractivity contribution < 1.29 is 9.53 Å². The second-order valence-electron chi connectivity index (χ2n) is 10.7. The van der Waals surface area contributed by atoms with Gasteiger partial charge in [-0.3, -0.25) is 14.7 Å². The second-order valence-corrected chi connectivity index (χ2v) is 11.2. The lowest BCUT2D eigenvalue weighted by atomic mass is 9.87. The molecule has 0 fully saturated rings. The number of pyridine rings is 1. The highest BCUT2D eigenvalue weighted by molar-refractivity contribution is 6.31. The van der Waals surface area contributed by atoms with Crippen LogP contribution in [0.3, 0.4) is 0 Å². The van der Waals surface area contributed by atoms with Gasteiger partial charge in [0.25, 0.3) is 0 Å². The van der Waals surface area contributed by atoms with Gasteiger partial charge in [-0.25, -0.2) is 0 Å². The van der Waals surface area contributed by atoms with E-state index in [0.717, 1.165) is 38.8 Å². The molecule has 5 aromatic rings. The van der Waals surface area contributed by atoms with E-state index in [-0.39, 0.29) is 12.0 Å². The van der Waals surface area contributed by atoms with Gasteiger partial charge >= 0.3 is 5.97 Å². The standard InChI is InChI=1S/C33H33ClN4O2/c1-20(2)21-8-10-22(11-9-21)32-31-26(24-6-4-5-7-28(24)37-31)19-30(33(39)40-3)38(32)17-16-36-27-14-15-35-29-18-23(34)12-13-25(27)29/h4-15,18,20,30,32,37H,16-17,19H2,1-3H3,(H,35,36)/t30-,32+/m1/s1. The van der Waals surface area contributed by atoms with Crippen molar-refractivity contribution in [2.75, 3.05) is 25.5 Å². The van der Waals surface area contributed by atoms with Gasteiger partial charge in [0, 0.05) is 58.4 Å². The van der Waals surface area contributed by atoms with E-state index >= 15 is 0 Å². The van der Waals surface area contributed by atoms with Crippen molar-refractivity contribution in [1.82, 2.24) is 14.9 Å². The Balaban J connectivity index is 1.39. The third-order valence-corrected chi connectivity index (χ3v) is 8.27. The van der Waals surface area contributed by atoms with Crippen molar-refractivity contribution >= 4 is 45.1 Å². The molecule has 1 aliphatic rings. The molecule has 0 spiro atoms. The van der Waals surface area contributed by atoms with Gasteiger partial charge in [0.2, 0.25) is 0 Å². The molecule has 0 unspecified atom stereocenters. The summed E-state index contributed by atoms with van der Waals surface area (Å²) in [6.45, 7) is 5.66. The summed E-state index contributed by atoms with van der Waals surface area (Å²) in [7, 11) is 1.48. The number of anilines is 1. The summed E-state index contributed by atoms with van der Waals surface area (Å²) < 4.78 is 5.36. The highest BCUT2D eigenvalue weighted by Gasteiger charge is 2.41. The van der Waals surface area contributed by atoms with E-state index in [0.29, 0.717) is 30.5 Å². The smallest absolute Gasteiger partial charge is 0.323 e. The third kappa shape index (κ3) is 4.82. The minimum absolute atomic E-state index is 0.128. The molecule has 2 N–H and O–H groups in total. The van der Waals surface area contributed by atoms with Crippen LogP contribution in [0.25, 0.3) is 21.8 Å². The number of aromatic nitrogens is 2. The SMILES string of the molecule is COC(=O)[C@H]1Cc2c([nH]c3ccccc23)[C@H](c2ccc(C(C)C)cc2)N1CCNc1ccnc2cc(Cl)ccc12. The van der Waals surface area contributed by atoms with Crippen LogP contribution in [0.2, 0.25) is 5.02 Å². The number of carbonyl (C=O) groups excluding carboxylic acids is 1. The van der Waals surface area contributed by atoms with Crippen molar-refractivity contribution in [2.24, 2.45) is 0 Å². The van der Waals surface area contributed by atoms with Gasteiger partial charge in [0.1, 0.15) is 6.04 Å². The Morgan fingerprint density at radius 3 is 2.67 bits per heavy atom. The van der Waals surface area contributed by atoms with E-state index in [9.17, 15) is 4.79 Å². The van der Waals surface area contributed by atoms with E-state index in [1.807, 2.05) is 30.3 Å². The second kappa shape index (κ2) is 11.0. The molecule has 2 atom stereocenters. The fourth-order valence-corrected chi connectivity index (χ4v) is 6.15. The number of hydrogen-bond acceptors (Lipinski definition) is 5. The zero-order chi connectivity index (χ0) is 27.8. The molecular formula is C33H33ClN4O2. The molecule has 7 heteroatoms. The predicted molar refractivity (Wildman–Crippen MR) is 162 cm³/mol. The predicted octanol–water partition coefficient (Wildman–Crippen LogP) is 7.09. The summed E-state index contributed by atoms with van der Waals surface area (Å²) in [5.41, 5.74) is 7.68. The first kappa shape index (κ1) is 26.4. The number of nitrogens with zero attached hydrogens (tertiary/aromatic N) is 2. The van der Waals surface area contributed by atoms with Crippen LogP contribution in [0, 0.1) is 0 Å². The number of benzene rings is 3. The zero-order valence-electron chi connectivity index (χ0n) is 22.9. The number of para-hydroxylation sites is 1. The largest absolute Gasteiger partial charge is 0.468 e. The maximum atomic E-state index is 13.3. The first-order valence-electron chi connectivity index (χ1n) is 13.8. The van der Waals surface area contributed by atoms with Gasteiger partial charge < -0.3 is 15.0 Å². The molecule has 3 heterocycles. The first-order valence-corrected chi connectivity index (χ1v) is 14.1. The lowest BCUT2D eigenvalue weighted by molar-refractivity contribution is -0.148. The van der Waals surface area contributed by atoms with E-state index < -0.39 is 6.04 Å². The number of carbonyl (C=O) groups is 1. The van der Waals surface area contributed by atoms with E-state index in [1.165, 1.54) is 18.2 Å². The highest BCUT2D eigenvalue weighted by Crippen LogP contribution is 2.41. The average molecular weight is 553 g/mol. The fraction of sp³-hybridized carbons (Fsp3) is 0.273. The maximum Gasteiger partial charge on any atom is 0.323 e. The third-order valence-electron chi connectivity index (χ3n) is 8.03. The molecule has 6 rings (SSSR count). The monoisotopic (exact) mass is 552 g/mol. The van der Waals surface area contributed by atoms with Crippen LogP contribution in [0.1, 0.15) is 48.2 Å². The number of nitrogens with one attached hydrogen (secondary N) is 2. The van der Waals surface area contributed by atoms with E-state index in [1.54, 1.807) is 6.20 Å². The molecule has 0 radical (unpaired) electrons. The van der Waals surface area contributed by atoms with Crippen LogP contribution >= 0.6 is 11.6 Å². The molecule has 204 valence electrons. The van der Waals surface area contributed by atoms with Gasteiger partial charge in [0.15, 0.2) is 0 Å². The zero-order valence-corrected chi connectivity index (χ0v) is 23.7. The topological polar surface area (TPSA) is 70.2 Å². The van der Waals surface area contributed by atoms with Gasteiger partial charge in [-0.2, -0.15) is 0 Å². The molecule has 0 saturated heterocycles. The van der Waals surface area contributed by atoms with Crippen LogP contribution < -0.4 is 5.32 Å². The Labute approximate surface area is 239 Å². The lowest BCUT2D eigenvalue weighted by Crippen LogP contribution is -2.50. The van der Waals surface area contributed by atoms with Gasteiger partial charge in [-0.15, -0.1) is 0 Å². The summed E-state index contributed by atoms with van der Waals surface area (Å²) in [6.07, 6.45) is 2.37. The Hall–Kier alpha value is -3.87. The van der Waals surface area contributed by atoms with Crippen molar-refractivity contribution in [2.45, 2.75) is 38.3 Å². The van der Waals surface area contributed by atoms with Crippen molar-refractivity contribution in [3.8, 4) is 0 Å². The number of aromatic amines is 1. The maximum absolute atomic E-state index is 13.3. The molecular weight excluding hydrogens is 520 g/mol. The number of methoxy groups -OCH3 is 1. The van der Waals surface area contributed by atoms with Crippen LogP contribution in [0.5, 0.6) is 0 Å². The van der Waals surface area contributed by atoms with Crippen molar-refractivity contribution in [3.05, 3.63) is 106 Å². The summed E-state index contributed by atoms with van der Waals surface area (Å²) in [5.74, 6) is 0.223. The Morgan fingerprint density at radius 1 is 1.10 bits per heavy atom. The van der Waals surface area contributed by atoms with Gasteiger partial charge in [-0.05, 0) is 52.9 Å². The van der Waals surface area contributed by atoms with Crippen molar-refractivity contribution in [1.29, 1.82) is 0 Å². The molecule has 0 amide bonds. The van der Waals surface area contributed by atoms with Gasteiger partial charge in [-0.1, -0.05) is 67.9 Å². The molecule has 0 saturated carbocycles. The number of rotatable bonds is 7.